The van der Waals surface area contributed by atoms with E-state index in [9.17, 15) is 0 Å². The molecule has 0 radical (unpaired) electrons. The molecule has 5 heteroatoms. The van der Waals surface area contributed by atoms with E-state index in [1.54, 1.807) is 0 Å². The molecule has 1 aromatic carbocycles. The Labute approximate surface area is 123 Å². The highest BCUT2D eigenvalue weighted by atomic mass is 35.5. The van der Waals surface area contributed by atoms with Gasteiger partial charge < -0.3 is 5.32 Å². The van der Waals surface area contributed by atoms with Crippen molar-refractivity contribution in [3.05, 3.63) is 51.3 Å². The Hall–Kier alpha value is -1.03. The highest BCUT2D eigenvalue weighted by Crippen LogP contribution is 2.24. The van der Waals surface area contributed by atoms with E-state index in [0.717, 1.165) is 27.0 Å². The number of halogens is 2. The fourth-order valence-corrected chi connectivity index (χ4v) is 2.58. The minimum atomic E-state index is 0.153. The van der Waals surface area contributed by atoms with E-state index in [1.165, 1.54) is 0 Å². The summed E-state index contributed by atoms with van der Waals surface area (Å²) >= 11 is 12.4. The predicted molar refractivity (Wildman–Crippen MR) is 79.7 cm³/mol. The molecule has 0 spiro atoms. The summed E-state index contributed by atoms with van der Waals surface area (Å²) in [6.45, 7) is 4.64. The standard InChI is InChI=1S/C14H17Cl2N3/c1-9(11-6-4-5-7-12(11)15)17-8-13-14(16)10(2)18-19(13)3/h4-7,9,17H,8H2,1-3H3/t9-/m0/s1. The van der Waals surface area contributed by atoms with Crippen LogP contribution in [0.25, 0.3) is 0 Å². The summed E-state index contributed by atoms with van der Waals surface area (Å²) in [5.74, 6) is 0. The van der Waals surface area contributed by atoms with Crippen LogP contribution < -0.4 is 5.32 Å². The third-order valence-electron chi connectivity index (χ3n) is 3.21. The van der Waals surface area contributed by atoms with Crippen molar-refractivity contribution in [2.45, 2.75) is 26.4 Å². The van der Waals surface area contributed by atoms with Crippen LogP contribution in [0.5, 0.6) is 0 Å². The maximum Gasteiger partial charge on any atom is 0.0860 e. The van der Waals surface area contributed by atoms with Gasteiger partial charge in [-0.1, -0.05) is 41.4 Å². The molecule has 1 atom stereocenters. The molecular formula is C14H17Cl2N3. The molecule has 0 saturated heterocycles. The normalized spacial score (nSPS) is 12.7. The molecule has 1 heterocycles. The number of rotatable bonds is 4. The number of hydrogen-bond donors (Lipinski definition) is 1. The molecule has 0 aliphatic carbocycles. The molecule has 0 aliphatic heterocycles. The molecule has 3 nitrogen and oxygen atoms in total. The first-order valence-electron chi connectivity index (χ1n) is 6.16. The van der Waals surface area contributed by atoms with Gasteiger partial charge in [-0.3, -0.25) is 4.68 Å². The second-order valence-electron chi connectivity index (χ2n) is 4.59. The monoisotopic (exact) mass is 297 g/mol. The van der Waals surface area contributed by atoms with Crippen LogP contribution in [0.15, 0.2) is 24.3 Å². The van der Waals surface area contributed by atoms with Crippen LogP contribution in [0.2, 0.25) is 10.0 Å². The lowest BCUT2D eigenvalue weighted by atomic mass is 10.1. The molecule has 0 aliphatic rings. The first kappa shape index (κ1) is 14.4. The molecule has 1 aromatic heterocycles. The molecule has 2 rings (SSSR count). The number of hydrogen-bond acceptors (Lipinski definition) is 2. The van der Waals surface area contributed by atoms with Crippen molar-refractivity contribution < 1.29 is 0 Å². The maximum atomic E-state index is 6.23. The number of aromatic nitrogens is 2. The Kier molecular flexibility index (Phi) is 4.50. The highest BCUT2D eigenvalue weighted by Gasteiger charge is 2.13. The lowest BCUT2D eigenvalue weighted by Gasteiger charge is -2.15. The van der Waals surface area contributed by atoms with Gasteiger partial charge in [0.25, 0.3) is 0 Å². The second kappa shape index (κ2) is 5.95. The fraction of sp³-hybridized carbons (Fsp3) is 0.357. The van der Waals surface area contributed by atoms with Crippen molar-refractivity contribution in [1.82, 2.24) is 15.1 Å². The van der Waals surface area contributed by atoms with Gasteiger partial charge in [0.05, 0.1) is 16.4 Å². The number of benzene rings is 1. The third kappa shape index (κ3) is 3.11. The van der Waals surface area contributed by atoms with Gasteiger partial charge in [-0.2, -0.15) is 5.10 Å². The summed E-state index contributed by atoms with van der Waals surface area (Å²) in [4.78, 5) is 0. The Morgan fingerprint density at radius 1 is 1.32 bits per heavy atom. The minimum absolute atomic E-state index is 0.153. The lowest BCUT2D eigenvalue weighted by molar-refractivity contribution is 0.548. The van der Waals surface area contributed by atoms with E-state index in [4.69, 9.17) is 23.2 Å². The molecular weight excluding hydrogens is 281 g/mol. The second-order valence-corrected chi connectivity index (χ2v) is 5.38. The van der Waals surface area contributed by atoms with Gasteiger partial charge in [0.15, 0.2) is 0 Å². The summed E-state index contributed by atoms with van der Waals surface area (Å²) in [6, 6.07) is 7.99. The molecule has 0 amide bonds. The average molecular weight is 298 g/mol. The Morgan fingerprint density at radius 2 is 2.00 bits per heavy atom. The first-order chi connectivity index (χ1) is 9.00. The predicted octanol–water partition coefficient (Wildman–Crippen LogP) is 3.89. The van der Waals surface area contributed by atoms with Crippen LogP contribution in [0.4, 0.5) is 0 Å². The Balaban J connectivity index is 2.09. The van der Waals surface area contributed by atoms with Crippen molar-refractivity contribution in [3.63, 3.8) is 0 Å². The van der Waals surface area contributed by atoms with Crippen LogP contribution >= 0.6 is 23.2 Å². The molecule has 102 valence electrons. The Bertz CT molecular complexity index is 578. The van der Waals surface area contributed by atoms with Gasteiger partial charge in [-0.25, -0.2) is 0 Å². The third-order valence-corrected chi connectivity index (χ3v) is 4.04. The zero-order valence-electron chi connectivity index (χ0n) is 11.2. The molecule has 0 bridgehead atoms. The summed E-state index contributed by atoms with van der Waals surface area (Å²) in [7, 11) is 1.90. The van der Waals surface area contributed by atoms with Crippen LogP contribution in [-0.2, 0) is 13.6 Å². The van der Waals surface area contributed by atoms with E-state index in [-0.39, 0.29) is 6.04 Å². The van der Waals surface area contributed by atoms with Gasteiger partial charge in [0.1, 0.15) is 0 Å². The van der Waals surface area contributed by atoms with E-state index in [0.29, 0.717) is 6.54 Å². The van der Waals surface area contributed by atoms with E-state index in [1.807, 2.05) is 42.9 Å². The van der Waals surface area contributed by atoms with Gasteiger partial charge in [0.2, 0.25) is 0 Å². The summed E-state index contributed by atoms with van der Waals surface area (Å²) in [6.07, 6.45) is 0. The largest absolute Gasteiger partial charge is 0.304 e. The van der Waals surface area contributed by atoms with Crippen LogP contribution in [-0.4, -0.2) is 9.78 Å². The summed E-state index contributed by atoms with van der Waals surface area (Å²) < 4.78 is 1.81. The van der Waals surface area contributed by atoms with Crippen molar-refractivity contribution in [3.8, 4) is 0 Å². The molecule has 0 fully saturated rings. The van der Waals surface area contributed by atoms with E-state index < -0.39 is 0 Å². The quantitative estimate of drug-likeness (QED) is 0.928. The van der Waals surface area contributed by atoms with Gasteiger partial charge in [0, 0.05) is 24.7 Å². The number of aryl methyl sites for hydroxylation is 2. The van der Waals surface area contributed by atoms with Crippen LogP contribution in [0.1, 0.15) is 29.9 Å². The number of nitrogens with one attached hydrogen (secondary N) is 1. The van der Waals surface area contributed by atoms with E-state index >= 15 is 0 Å². The smallest absolute Gasteiger partial charge is 0.0860 e. The lowest BCUT2D eigenvalue weighted by Crippen LogP contribution is -2.20. The zero-order valence-corrected chi connectivity index (χ0v) is 12.8. The van der Waals surface area contributed by atoms with Crippen molar-refractivity contribution in [2.24, 2.45) is 7.05 Å². The molecule has 19 heavy (non-hydrogen) atoms. The zero-order chi connectivity index (χ0) is 14.0. The SMILES string of the molecule is Cc1nn(C)c(CN[C@@H](C)c2ccccc2Cl)c1Cl. The van der Waals surface area contributed by atoms with Gasteiger partial charge in [-0.05, 0) is 25.5 Å². The molecule has 1 N–H and O–H groups in total. The molecule has 0 saturated carbocycles. The maximum absolute atomic E-state index is 6.23. The first-order valence-corrected chi connectivity index (χ1v) is 6.92. The molecule has 0 unspecified atom stereocenters. The van der Waals surface area contributed by atoms with E-state index in [2.05, 4.69) is 17.3 Å². The fourth-order valence-electron chi connectivity index (χ4n) is 2.06. The summed E-state index contributed by atoms with van der Waals surface area (Å²) in [5.41, 5.74) is 2.92. The van der Waals surface area contributed by atoms with Gasteiger partial charge >= 0.3 is 0 Å². The highest BCUT2D eigenvalue weighted by molar-refractivity contribution is 6.32. The van der Waals surface area contributed by atoms with Crippen molar-refractivity contribution in [2.75, 3.05) is 0 Å². The molecule has 2 aromatic rings. The van der Waals surface area contributed by atoms with Gasteiger partial charge in [-0.15, -0.1) is 0 Å². The summed E-state index contributed by atoms with van der Waals surface area (Å²) in [5, 5.41) is 9.22. The topological polar surface area (TPSA) is 29.9 Å². The van der Waals surface area contributed by atoms with Crippen LogP contribution in [0, 0.1) is 6.92 Å². The number of nitrogens with zero attached hydrogens (tertiary/aromatic N) is 2. The Morgan fingerprint density at radius 3 is 2.58 bits per heavy atom. The minimum Gasteiger partial charge on any atom is -0.304 e. The van der Waals surface area contributed by atoms with Crippen molar-refractivity contribution in [1.29, 1.82) is 0 Å². The van der Waals surface area contributed by atoms with Crippen LogP contribution in [0.3, 0.4) is 0 Å². The van der Waals surface area contributed by atoms with Crippen molar-refractivity contribution >= 4 is 23.2 Å². The average Bonchev–Trinajstić information content (AvgIpc) is 2.61.